The maximum atomic E-state index is 11.7. The number of aromatic amines is 1. The van der Waals surface area contributed by atoms with Crippen LogP contribution in [-0.2, 0) is 11.2 Å². The average molecular weight is 208 g/mol. The lowest BCUT2D eigenvalue weighted by Gasteiger charge is -2.18. The molecule has 0 amide bonds. The Hall–Kier alpha value is -1.65. The molecule has 80 valence electrons. The maximum Gasteiger partial charge on any atom is 0.303 e. The van der Waals surface area contributed by atoms with Crippen molar-refractivity contribution in [2.75, 3.05) is 0 Å². The van der Waals surface area contributed by atoms with Gasteiger partial charge >= 0.3 is 5.97 Å². The predicted octanol–water partition coefficient (Wildman–Crippen LogP) is 0.938. The molecule has 0 aromatic carbocycles. The second-order valence-corrected chi connectivity index (χ2v) is 3.97. The lowest BCUT2D eigenvalue weighted by molar-refractivity contribution is -0.138. The summed E-state index contributed by atoms with van der Waals surface area (Å²) in [6.07, 6.45) is 0.939. The molecule has 1 aliphatic carbocycles. The highest BCUT2D eigenvalue weighted by Gasteiger charge is 2.29. The van der Waals surface area contributed by atoms with E-state index in [9.17, 15) is 9.59 Å². The molecule has 1 heterocycles. The monoisotopic (exact) mass is 208 g/mol. The highest BCUT2D eigenvalue weighted by Crippen LogP contribution is 2.27. The Kier molecular flexibility index (Phi) is 2.30. The third-order valence-electron chi connectivity index (χ3n) is 2.72. The molecule has 1 atom stereocenters. The van der Waals surface area contributed by atoms with Crippen molar-refractivity contribution in [2.45, 2.75) is 26.2 Å². The van der Waals surface area contributed by atoms with E-state index in [4.69, 9.17) is 5.11 Å². The summed E-state index contributed by atoms with van der Waals surface area (Å²) in [5.41, 5.74) is 2.16. The molecule has 2 N–H and O–H groups in total. The van der Waals surface area contributed by atoms with Crippen LogP contribution in [0.4, 0.5) is 0 Å². The number of rotatable bonds is 2. The molecule has 0 fully saturated rings. The molecule has 0 bridgehead atoms. The number of carbonyl (C=O) groups excluding carboxylic acids is 1. The van der Waals surface area contributed by atoms with Gasteiger partial charge in [-0.1, -0.05) is 0 Å². The fourth-order valence-electron chi connectivity index (χ4n) is 2.10. The Bertz CT molecular complexity index is 422. The maximum absolute atomic E-state index is 11.7. The van der Waals surface area contributed by atoms with Gasteiger partial charge in [-0.05, 0) is 19.3 Å². The molecule has 1 aliphatic rings. The highest BCUT2D eigenvalue weighted by molar-refractivity contribution is 5.99. The standard InChI is InChI=1S/C10H12N2O3/c1-5-10-7(12-11-5)2-6(3-8(10)13)4-9(14)15/h6H,2-4H2,1H3,(H,11,12)(H,14,15). The van der Waals surface area contributed by atoms with Crippen LogP contribution >= 0.6 is 0 Å². The normalized spacial score (nSPS) is 20.1. The first-order valence-corrected chi connectivity index (χ1v) is 4.86. The Balaban J connectivity index is 2.23. The molecule has 0 radical (unpaired) electrons. The van der Waals surface area contributed by atoms with Crippen molar-refractivity contribution in [1.82, 2.24) is 10.2 Å². The number of H-pyrrole nitrogens is 1. The fraction of sp³-hybridized carbons (Fsp3) is 0.500. The first-order valence-electron chi connectivity index (χ1n) is 4.86. The summed E-state index contributed by atoms with van der Waals surface area (Å²) in [5.74, 6) is -0.956. The summed E-state index contributed by atoms with van der Waals surface area (Å²) in [6, 6.07) is 0. The number of nitrogens with one attached hydrogen (secondary N) is 1. The Labute approximate surface area is 86.5 Å². The van der Waals surface area contributed by atoms with Gasteiger partial charge in [-0.15, -0.1) is 0 Å². The molecule has 1 aromatic rings. The van der Waals surface area contributed by atoms with Gasteiger partial charge in [-0.2, -0.15) is 5.10 Å². The number of fused-ring (bicyclic) bond motifs is 1. The second kappa shape index (κ2) is 3.49. The number of Topliss-reactive ketones (excluding diaryl/α,β-unsaturated/α-hetero) is 1. The van der Waals surface area contributed by atoms with Gasteiger partial charge in [0, 0.05) is 18.5 Å². The van der Waals surface area contributed by atoms with Gasteiger partial charge in [0.2, 0.25) is 0 Å². The molecule has 0 spiro atoms. The molecule has 5 nitrogen and oxygen atoms in total. The average Bonchev–Trinajstić information content (AvgIpc) is 2.46. The van der Waals surface area contributed by atoms with E-state index in [-0.39, 0.29) is 18.1 Å². The van der Waals surface area contributed by atoms with E-state index in [1.165, 1.54) is 0 Å². The molecule has 0 saturated heterocycles. The number of carbonyl (C=O) groups is 2. The number of hydrogen-bond donors (Lipinski definition) is 2. The smallest absolute Gasteiger partial charge is 0.303 e. The third kappa shape index (κ3) is 1.77. The molecule has 15 heavy (non-hydrogen) atoms. The first-order chi connectivity index (χ1) is 7.08. The van der Waals surface area contributed by atoms with Crippen molar-refractivity contribution >= 4 is 11.8 Å². The van der Waals surface area contributed by atoms with Gasteiger partial charge in [0.1, 0.15) is 0 Å². The lowest BCUT2D eigenvalue weighted by atomic mass is 9.84. The molecule has 2 rings (SSSR count). The highest BCUT2D eigenvalue weighted by atomic mass is 16.4. The topological polar surface area (TPSA) is 83.0 Å². The number of aryl methyl sites for hydroxylation is 1. The van der Waals surface area contributed by atoms with E-state index in [0.29, 0.717) is 18.4 Å². The van der Waals surface area contributed by atoms with E-state index < -0.39 is 5.97 Å². The van der Waals surface area contributed by atoms with Crippen LogP contribution in [0.2, 0.25) is 0 Å². The zero-order chi connectivity index (χ0) is 11.0. The van der Waals surface area contributed by atoms with Crippen molar-refractivity contribution in [3.8, 4) is 0 Å². The van der Waals surface area contributed by atoms with Gasteiger partial charge in [-0.3, -0.25) is 14.7 Å². The van der Waals surface area contributed by atoms with Crippen LogP contribution in [0.15, 0.2) is 0 Å². The van der Waals surface area contributed by atoms with Gasteiger partial charge in [0.25, 0.3) is 0 Å². The van der Waals surface area contributed by atoms with Gasteiger partial charge < -0.3 is 5.11 Å². The van der Waals surface area contributed by atoms with Gasteiger partial charge in [0.15, 0.2) is 5.78 Å². The van der Waals surface area contributed by atoms with Crippen LogP contribution in [0, 0.1) is 12.8 Å². The minimum atomic E-state index is -0.858. The minimum Gasteiger partial charge on any atom is -0.481 e. The number of carboxylic acid groups (broad SMARTS) is 1. The van der Waals surface area contributed by atoms with E-state index in [1.807, 2.05) is 0 Å². The Morgan fingerprint density at radius 2 is 2.33 bits per heavy atom. The largest absolute Gasteiger partial charge is 0.481 e. The van der Waals surface area contributed by atoms with Gasteiger partial charge in [0.05, 0.1) is 11.3 Å². The molecule has 5 heteroatoms. The van der Waals surface area contributed by atoms with Crippen molar-refractivity contribution in [3.63, 3.8) is 0 Å². The van der Waals surface area contributed by atoms with E-state index in [0.717, 1.165) is 11.4 Å². The zero-order valence-electron chi connectivity index (χ0n) is 8.41. The second-order valence-electron chi connectivity index (χ2n) is 3.97. The number of ketones is 1. The Morgan fingerprint density at radius 1 is 1.60 bits per heavy atom. The number of aliphatic carboxylic acids is 1. The molecule has 0 aliphatic heterocycles. The van der Waals surface area contributed by atoms with Crippen molar-refractivity contribution < 1.29 is 14.7 Å². The van der Waals surface area contributed by atoms with E-state index >= 15 is 0 Å². The SMILES string of the molecule is Cc1[nH]nc2c1C(=O)CC(CC(=O)O)C2. The van der Waals surface area contributed by atoms with Crippen LogP contribution in [0.5, 0.6) is 0 Å². The zero-order valence-corrected chi connectivity index (χ0v) is 8.41. The summed E-state index contributed by atoms with van der Waals surface area (Å²) in [4.78, 5) is 22.3. The number of hydrogen-bond acceptors (Lipinski definition) is 3. The lowest BCUT2D eigenvalue weighted by Crippen LogP contribution is -2.22. The van der Waals surface area contributed by atoms with Crippen LogP contribution in [0.25, 0.3) is 0 Å². The molecule has 1 unspecified atom stereocenters. The summed E-state index contributed by atoms with van der Waals surface area (Å²) in [6.45, 7) is 1.81. The van der Waals surface area contributed by atoms with Gasteiger partial charge in [-0.25, -0.2) is 0 Å². The van der Waals surface area contributed by atoms with E-state index in [1.54, 1.807) is 6.92 Å². The number of aromatic nitrogens is 2. The van der Waals surface area contributed by atoms with Crippen molar-refractivity contribution in [3.05, 3.63) is 17.0 Å². The summed E-state index contributed by atoms with van der Waals surface area (Å²) in [7, 11) is 0. The van der Waals surface area contributed by atoms with Crippen molar-refractivity contribution in [2.24, 2.45) is 5.92 Å². The summed E-state index contributed by atoms with van der Waals surface area (Å²) in [5, 5.41) is 15.5. The van der Waals surface area contributed by atoms with Crippen LogP contribution < -0.4 is 0 Å². The fourth-order valence-corrected chi connectivity index (χ4v) is 2.10. The third-order valence-corrected chi connectivity index (χ3v) is 2.72. The predicted molar refractivity (Wildman–Crippen MR) is 51.7 cm³/mol. The van der Waals surface area contributed by atoms with E-state index in [2.05, 4.69) is 10.2 Å². The molecule has 0 saturated carbocycles. The quantitative estimate of drug-likeness (QED) is 0.757. The summed E-state index contributed by atoms with van der Waals surface area (Å²) < 4.78 is 0. The first kappa shape index (κ1) is 9.89. The molecule has 1 aromatic heterocycles. The Morgan fingerprint density at radius 3 is 3.00 bits per heavy atom. The van der Waals surface area contributed by atoms with Crippen molar-refractivity contribution in [1.29, 1.82) is 0 Å². The van der Waals surface area contributed by atoms with Crippen LogP contribution in [-0.4, -0.2) is 27.1 Å². The number of nitrogens with zero attached hydrogens (tertiary/aromatic N) is 1. The molecular weight excluding hydrogens is 196 g/mol. The van der Waals surface area contributed by atoms with Crippen LogP contribution in [0.1, 0.15) is 34.6 Å². The minimum absolute atomic E-state index is 0.00810. The van der Waals surface area contributed by atoms with Crippen LogP contribution in [0.3, 0.4) is 0 Å². The summed E-state index contributed by atoms with van der Waals surface area (Å²) >= 11 is 0. The molecular formula is C10H12N2O3. The number of carboxylic acids is 1.